The number of hydrogen-bond acceptors (Lipinski definition) is 1. The fourth-order valence-electron chi connectivity index (χ4n) is 1.56. The maximum atomic E-state index is 12.2. The van der Waals surface area contributed by atoms with E-state index < -0.39 is 6.43 Å². The van der Waals surface area contributed by atoms with Crippen molar-refractivity contribution in [2.24, 2.45) is 0 Å². The molecular weight excluding hydrogens is 160 g/mol. The lowest BCUT2D eigenvalue weighted by Crippen LogP contribution is -1.94. The molecule has 1 heterocycles. The second-order valence-electron chi connectivity index (χ2n) is 3.00. The van der Waals surface area contributed by atoms with Crippen LogP contribution in [0.1, 0.15) is 29.8 Å². The van der Waals surface area contributed by atoms with Crippen LogP contribution >= 0.6 is 0 Å². The van der Waals surface area contributed by atoms with E-state index in [0.717, 1.165) is 30.5 Å². The lowest BCUT2D eigenvalue weighted by atomic mass is 10.2. The van der Waals surface area contributed by atoms with Crippen molar-refractivity contribution in [1.82, 2.24) is 4.98 Å². The number of rotatable bonds is 1. The molecule has 0 fully saturated rings. The summed E-state index contributed by atoms with van der Waals surface area (Å²) in [5.41, 5.74) is 1.92. The van der Waals surface area contributed by atoms with Crippen LogP contribution in [0.4, 0.5) is 8.78 Å². The Bertz CT molecular complexity index is 297. The molecular formula is C9H9F2N. The van der Waals surface area contributed by atoms with Crippen LogP contribution in [-0.4, -0.2) is 4.98 Å². The number of halogens is 2. The molecule has 3 heteroatoms. The monoisotopic (exact) mass is 169 g/mol. The zero-order valence-corrected chi connectivity index (χ0v) is 6.56. The topological polar surface area (TPSA) is 12.9 Å². The lowest BCUT2D eigenvalue weighted by Gasteiger charge is -2.01. The number of aromatic nitrogens is 1. The molecule has 0 N–H and O–H groups in total. The van der Waals surface area contributed by atoms with Gasteiger partial charge in [0.25, 0.3) is 6.43 Å². The summed E-state index contributed by atoms with van der Waals surface area (Å²) >= 11 is 0. The molecule has 0 saturated heterocycles. The molecule has 0 saturated carbocycles. The van der Waals surface area contributed by atoms with Crippen molar-refractivity contribution < 1.29 is 8.78 Å². The van der Waals surface area contributed by atoms with Gasteiger partial charge in [-0.1, -0.05) is 6.07 Å². The first kappa shape index (κ1) is 7.65. The van der Waals surface area contributed by atoms with Crippen molar-refractivity contribution in [3.05, 3.63) is 29.1 Å². The Morgan fingerprint density at radius 3 is 2.83 bits per heavy atom. The van der Waals surface area contributed by atoms with Gasteiger partial charge < -0.3 is 0 Å². The molecule has 1 aliphatic rings. The van der Waals surface area contributed by atoms with Crippen LogP contribution in [0.3, 0.4) is 0 Å². The van der Waals surface area contributed by atoms with Crippen molar-refractivity contribution in [1.29, 1.82) is 0 Å². The third kappa shape index (κ3) is 1.19. The average molecular weight is 169 g/mol. The highest BCUT2D eigenvalue weighted by atomic mass is 19.3. The Morgan fingerprint density at radius 1 is 1.25 bits per heavy atom. The van der Waals surface area contributed by atoms with Gasteiger partial charge in [0, 0.05) is 5.69 Å². The average Bonchev–Trinajstić information content (AvgIpc) is 2.49. The highest BCUT2D eigenvalue weighted by Gasteiger charge is 2.15. The molecule has 1 aromatic rings. The van der Waals surface area contributed by atoms with Crippen molar-refractivity contribution in [2.45, 2.75) is 25.7 Å². The molecule has 1 aliphatic carbocycles. The lowest BCUT2D eigenvalue weighted by molar-refractivity contribution is 0.146. The number of fused-ring (bicyclic) bond motifs is 1. The first-order valence-electron chi connectivity index (χ1n) is 4.04. The van der Waals surface area contributed by atoms with Crippen LogP contribution in [0.5, 0.6) is 0 Å². The van der Waals surface area contributed by atoms with Crippen LogP contribution in [0, 0.1) is 0 Å². The van der Waals surface area contributed by atoms with E-state index in [1.165, 1.54) is 6.07 Å². The van der Waals surface area contributed by atoms with Crippen molar-refractivity contribution in [3.8, 4) is 0 Å². The van der Waals surface area contributed by atoms with Crippen LogP contribution in [0.25, 0.3) is 0 Å². The van der Waals surface area contributed by atoms with E-state index in [4.69, 9.17) is 0 Å². The standard InChI is InChI=1S/C9H9F2N/c10-9(11)8-5-4-6-2-1-3-7(6)12-8/h4-5,9H,1-3H2. The van der Waals surface area contributed by atoms with E-state index >= 15 is 0 Å². The van der Waals surface area contributed by atoms with Gasteiger partial charge in [-0.3, -0.25) is 4.98 Å². The van der Waals surface area contributed by atoms with Gasteiger partial charge in [0.1, 0.15) is 5.69 Å². The zero-order chi connectivity index (χ0) is 8.55. The van der Waals surface area contributed by atoms with Gasteiger partial charge >= 0.3 is 0 Å². The molecule has 12 heavy (non-hydrogen) atoms. The molecule has 1 aromatic heterocycles. The summed E-state index contributed by atoms with van der Waals surface area (Å²) < 4.78 is 24.3. The Kier molecular flexibility index (Phi) is 1.79. The van der Waals surface area contributed by atoms with E-state index in [1.807, 2.05) is 0 Å². The number of aryl methyl sites for hydroxylation is 2. The first-order chi connectivity index (χ1) is 5.77. The molecule has 0 radical (unpaired) electrons. The number of hydrogen-bond donors (Lipinski definition) is 0. The number of alkyl halides is 2. The van der Waals surface area contributed by atoms with Gasteiger partial charge in [0.2, 0.25) is 0 Å². The normalized spacial score (nSPS) is 15.2. The maximum Gasteiger partial charge on any atom is 0.280 e. The number of pyridine rings is 1. The first-order valence-corrected chi connectivity index (χ1v) is 4.04. The minimum Gasteiger partial charge on any atom is -0.252 e. The predicted octanol–water partition coefficient (Wildman–Crippen LogP) is 2.51. The highest BCUT2D eigenvalue weighted by molar-refractivity contribution is 5.27. The van der Waals surface area contributed by atoms with E-state index in [1.54, 1.807) is 6.07 Å². The van der Waals surface area contributed by atoms with Gasteiger partial charge in [0.05, 0.1) is 0 Å². The Morgan fingerprint density at radius 2 is 2.08 bits per heavy atom. The second kappa shape index (κ2) is 2.81. The molecule has 1 nitrogen and oxygen atoms in total. The fraction of sp³-hybridized carbons (Fsp3) is 0.444. The quantitative estimate of drug-likeness (QED) is 0.629. The summed E-state index contributed by atoms with van der Waals surface area (Å²) in [5, 5.41) is 0. The highest BCUT2D eigenvalue weighted by Crippen LogP contribution is 2.23. The fourth-order valence-corrected chi connectivity index (χ4v) is 1.56. The number of nitrogens with zero attached hydrogens (tertiary/aromatic N) is 1. The molecule has 0 aliphatic heterocycles. The van der Waals surface area contributed by atoms with E-state index in [0.29, 0.717) is 0 Å². The largest absolute Gasteiger partial charge is 0.280 e. The molecule has 0 amide bonds. The predicted molar refractivity (Wildman–Crippen MR) is 41.2 cm³/mol. The Balaban J connectivity index is 2.39. The van der Waals surface area contributed by atoms with Crippen molar-refractivity contribution >= 4 is 0 Å². The molecule has 2 rings (SSSR count). The van der Waals surface area contributed by atoms with Gasteiger partial charge in [0.15, 0.2) is 0 Å². The summed E-state index contributed by atoms with van der Waals surface area (Å²) in [6.07, 6.45) is 0.465. The van der Waals surface area contributed by atoms with Gasteiger partial charge in [-0.2, -0.15) is 0 Å². The smallest absolute Gasteiger partial charge is 0.252 e. The summed E-state index contributed by atoms with van der Waals surface area (Å²) in [7, 11) is 0. The molecule has 0 aromatic carbocycles. The maximum absolute atomic E-state index is 12.2. The minimum absolute atomic E-state index is 0.0874. The van der Waals surface area contributed by atoms with Gasteiger partial charge in [-0.25, -0.2) is 8.78 Å². The molecule has 64 valence electrons. The summed E-state index contributed by atoms with van der Waals surface area (Å²) in [6.45, 7) is 0. The van der Waals surface area contributed by atoms with E-state index in [9.17, 15) is 8.78 Å². The second-order valence-corrected chi connectivity index (χ2v) is 3.00. The van der Waals surface area contributed by atoms with Crippen molar-refractivity contribution in [2.75, 3.05) is 0 Å². The zero-order valence-electron chi connectivity index (χ0n) is 6.56. The van der Waals surface area contributed by atoms with Crippen LogP contribution in [0.15, 0.2) is 12.1 Å². The summed E-state index contributed by atoms with van der Waals surface area (Å²) in [6, 6.07) is 3.20. The SMILES string of the molecule is FC(F)c1ccc2c(n1)CCC2. The molecule has 0 bridgehead atoms. The summed E-state index contributed by atoms with van der Waals surface area (Å²) in [5.74, 6) is 0. The van der Waals surface area contributed by atoms with Crippen LogP contribution in [0.2, 0.25) is 0 Å². The Labute approximate surface area is 69.4 Å². The van der Waals surface area contributed by atoms with Crippen LogP contribution < -0.4 is 0 Å². The third-order valence-corrected chi connectivity index (χ3v) is 2.17. The minimum atomic E-state index is -2.43. The van der Waals surface area contributed by atoms with E-state index in [-0.39, 0.29) is 5.69 Å². The molecule has 0 spiro atoms. The van der Waals surface area contributed by atoms with E-state index in [2.05, 4.69) is 4.98 Å². The van der Waals surface area contributed by atoms with Crippen LogP contribution in [-0.2, 0) is 12.8 Å². The van der Waals surface area contributed by atoms with Gasteiger partial charge in [-0.05, 0) is 30.9 Å². The molecule has 0 atom stereocenters. The van der Waals surface area contributed by atoms with Crippen molar-refractivity contribution in [3.63, 3.8) is 0 Å². The summed E-state index contributed by atoms with van der Waals surface area (Å²) in [4.78, 5) is 3.90. The Hall–Kier alpha value is -0.990. The third-order valence-electron chi connectivity index (χ3n) is 2.17. The van der Waals surface area contributed by atoms with Gasteiger partial charge in [-0.15, -0.1) is 0 Å². The molecule has 0 unspecified atom stereocenters.